The molecule has 0 atom stereocenters. The summed E-state index contributed by atoms with van der Waals surface area (Å²) in [7, 11) is 0. The molecule has 26 heavy (non-hydrogen) atoms. The normalized spacial score (nSPS) is 10.3. The molecular weight excluding hydrogens is 326 g/mol. The van der Waals surface area contributed by atoms with E-state index >= 15 is 0 Å². The topological polar surface area (TPSA) is 91.9 Å². The Morgan fingerprint density at radius 3 is 2.73 bits per heavy atom. The molecule has 0 saturated heterocycles. The van der Waals surface area contributed by atoms with E-state index < -0.39 is 0 Å². The number of aryl methyl sites for hydroxylation is 1. The van der Waals surface area contributed by atoms with Gasteiger partial charge in [0, 0.05) is 28.7 Å². The van der Waals surface area contributed by atoms with Crippen LogP contribution in [0.1, 0.15) is 28.5 Å². The summed E-state index contributed by atoms with van der Waals surface area (Å²) in [4.78, 5) is 15.4. The quantitative estimate of drug-likeness (QED) is 0.545. The molecule has 2 aromatic carbocycles. The second kappa shape index (κ2) is 7.16. The van der Waals surface area contributed by atoms with Crippen molar-refractivity contribution in [2.24, 2.45) is 0 Å². The van der Waals surface area contributed by atoms with Gasteiger partial charge < -0.3 is 15.5 Å². The van der Waals surface area contributed by atoms with Crippen molar-refractivity contribution in [1.29, 1.82) is 5.26 Å². The zero-order chi connectivity index (χ0) is 18.7. The molecule has 5 nitrogen and oxygen atoms in total. The second-order valence-electron chi connectivity index (χ2n) is 5.92. The van der Waals surface area contributed by atoms with E-state index in [1.54, 1.807) is 19.2 Å². The van der Waals surface area contributed by atoms with Gasteiger partial charge in [-0.05, 0) is 49.2 Å². The zero-order valence-corrected chi connectivity index (χ0v) is 14.7. The van der Waals surface area contributed by atoms with Gasteiger partial charge in [0.05, 0.1) is 23.8 Å². The van der Waals surface area contributed by atoms with Gasteiger partial charge in [0.15, 0.2) is 0 Å². The Morgan fingerprint density at radius 1 is 1.23 bits per heavy atom. The number of hydrogen-bond acceptors (Lipinski definition) is 4. The Morgan fingerprint density at radius 2 is 2.00 bits per heavy atom. The first-order valence-corrected chi connectivity index (χ1v) is 8.30. The van der Waals surface area contributed by atoms with Gasteiger partial charge in [0.2, 0.25) is 0 Å². The number of rotatable bonds is 4. The molecule has 0 amide bonds. The van der Waals surface area contributed by atoms with Gasteiger partial charge in [-0.1, -0.05) is 18.2 Å². The average molecular weight is 345 g/mol. The standard InChI is InChI=1S/C21H19N3O2/c1-3-26-21(25)18-12-24-13(2)20(18)17-10-16(7-8-19(17)23)15-6-4-5-14(9-15)11-22/h4-10,12,24H,3,23H2,1-2H3. The Kier molecular flexibility index (Phi) is 4.76. The summed E-state index contributed by atoms with van der Waals surface area (Å²) in [5.74, 6) is -0.386. The van der Waals surface area contributed by atoms with Gasteiger partial charge in [0.1, 0.15) is 0 Å². The molecule has 0 radical (unpaired) electrons. The number of aromatic nitrogens is 1. The summed E-state index contributed by atoms with van der Waals surface area (Å²) >= 11 is 0. The molecule has 1 aromatic heterocycles. The van der Waals surface area contributed by atoms with Crippen LogP contribution in [0.25, 0.3) is 22.3 Å². The molecule has 3 rings (SSSR count). The number of aromatic amines is 1. The lowest BCUT2D eigenvalue weighted by molar-refractivity contribution is 0.0527. The molecule has 0 aliphatic carbocycles. The van der Waals surface area contributed by atoms with E-state index in [-0.39, 0.29) is 5.97 Å². The van der Waals surface area contributed by atoms with Crippen LogP contribution in [0, 0.1) is 18.3 Å². The number of carbonyl (C=O) groups is 1. The molecule has 0 fully saturated rings. The number of esters is 1. The molecule has 3 aromatic rings. The second-order valence-corrected chi connectivity index (χ2v) is 5.92. The number of ether oxygens (including phenoxy) is 1. The van der Waals surface area contributed by atoms with Crippen LogP contribution >= 0.6 is 0 Å². The van der Waals surface area contributed by atoms with Gasteiger partial charge in [-0.3, -0.25) is 0 Å². The van der Waals surface area contributed by atoms with Gasteiger partial charge in [-0.15, -0.1) is 0 Å². The summed E-state index contributed by atoms with van der Waals surface area (Å²) < 4.78 is 5.15. The minimum absolute atomic E-state index is 0.305. The van der Waals surface area contributed by atoms with E-state index in [2.05, 4.69) is 11.1 Å². The molecule has 0 aliphatic heterocycles. The number of hydrogen-bond donors (Lipinski definition) is 2. The smallest absolute Gasteiger partial charge is 0.340 e. The highest BCUT2D eigenvalue weighted by atomic mass is 16.5. The highest BCUT2D eigenvalue weighted by Crippen LogP contribution is 2.35. The van der Waals surface area contributed by atoms with E-state index in [0.29, 0.717) is 23.4 Å². The number of benzene rings is 2. The van der Waals surface area contributed by atoms with Crippen molar-refractivity contribution in [2.45, 2.75) is 13.8 Å². The fourth-order valence-electron chi connectivity index (χ4n) is 2.96. The lowest BCUT2D eigenvalue weighted by atomic mass is 9.95. The van der Waals surface area contributed by atoms with Crippen molar-refractivity contribution in [3.8, 4) is 28.3 Å². The summed E-state index contributed by atoms with van der Waals surface area (Å²) in [6, 6.07) is 15.2. The zero-order valence-electron chi connectivity index (χ0n) is 14.7. The number of H-pyrrole nitrogens is 1. The molecule has 1 heterocycles. The predicted octanol–water partition coefficient (Wildman–Crippen LogP) is 4.29. The van der Waals surface area contributed by atoms with Crippen LogP contribution in [-0.2, 0) is 4.74 Å². The van der Waals surface area contributed by atoms with Crippen molar-refractivity contribution in [3.63, 3.8) is 0 Å². The molecule has 0 saturated carbocycles. The van der Waals surface area contributed by atoms with Gasteiger partial charge in [0.25, 0.3) is 0 Å². The molecule has 0 spiro atoms. The first kappa shape index (κ1) is 17.3. The average Bonchev–Trinajstić information content (AvgIpc) is 3.04. The fourth-order valence-corrected chi connectivity index (χ4v) is 2.96. The minimum Gasteiger partial charge on any atom is -0.462 e. The van der Waals surface area contributed by atoms with Crippen molar-refractivity contribution in [3.05, 3.63) is 65.5 Å². The minimum atomic E-state index is -0.386. The van der Waals surface area contributed by atoms with E-state index in [1.807, 2.05) is 43.3 Å². The molecule has 0 unspecified atom stereocenters. The van der Waals surface area contributed by atoms with E-state index in [1.165, 1.54) is 0 Å². The maximum atomic E-state index is 12.3. The van der Waals surface area contributed by atoms with Crippen molar-refractivity contribution >= 4 is 11.7 Å². The molecule has 5 heteroatoms. The molecule has 130 valence electrons. The Bertz CT molecular complexity index is 1010. The molecule has 0 bridgehead atoms. The van der Waals surface area contributed by atoms with Crippen molar-refractivity contribution in [1.82, 2.24) is 4.98 Å². The van der Waals surface area contributed by atoms with Gasteiger partial charge in [-0.2, -0.15) is 5.26 Å². The predicted molar refractivity (Wildman–Crippen MR) is 101 cm³/mol. The highest BCUT2D eigenvalue weighted by molar-refractivity contribution is 6.00. The van der Waals surface area contributed by atoms with E-state index in [4.69, 9.17) is 15.7 Å². The van der Waals surface area contributed by atoms with Crippen LogP contribution < -0.4 is 5.73 Å². The van der Waals surface area contributed by atoms with E-state index in [0.717, 1.165) is 27.9 Å². The number of nitriles is 1. The highest BCUT2D eigenvalue weighted by Gasteiger charge is 2.20. The van der Waals surface area contributed by atoms with Crippen molar-refractivity contribution in [2.75, 3.05) is 12.3 Å². The summed E-state index contributed by atoms with van der Waals surface area (Å²) in [6.45, 7) is 3.97. The number of nitrogens with zero attached hydrogens (tertiary/aromatic N) is 1. The number of nitrogens with one attached hydrogen (secondary N) is 1. The molecular formula is C21H19N3O2. The maximum absolute atomic E-state index is 12.3. The van der Waals surface area contributed by atoms with Crippen LogP contribution in [0.4, 0.5) is 5.69 Å². The van der Waals surface area contributed by atoms with Gasteiger partial charge in [-0.25, -0.2) is 4.79 Å². The van der Waals surface area contributed by atoms with Crippen LogP contribution in [0.5, 0.6) is 0 Å². The van der Waals surface area contributed by atoms with Crippen LogP contribution in [0.15, 0.2) is 48.7 Å². The monoisotopic (exact) mass is 345 g/mol. The van der Waals surface area contributed by atoms with Crippen molar-refractivity contribution < 1.29 is 9.53 Å². The number of anilines is 1. The lowest BCUT2D eigenvalue weighted by Gasteiger charge is -2.11. The third-order valence-corrected chi connectivity index (χ3v) is 4.22. The van der Waals surface area contributed by atoms with Crippen LogP contribution in [-0.4, -0.2) is 17.6 Å². The lowest BCUT2D eigenvalue weighted by Crippen LogP contribution is -2.05. The summed E-state index contributed by atoms with van der Waals surface area (Å²) in [5, 5.41) is 9.12. The largest absolute Gasteiger partial charge is 0.462 e. The van der Waals surface area contributed by atoms with Crippen LogP contribution in [0.2, 0.25) is 0 Å². The van der Waals surface area contributed by atoms with Crippen LogP contribution in [0.3, 0.4) is 0 Å². The van der Waals surface area contributed by atoms with E-state index in [9.17, 15) is 4.79 Å². The Labute approximate surface area is 152 Å². The molecule has 3 N–H and O–H groups in total. The first-order chi connectivity index (χ1) is 12.5. The number of carbonyl (C=O) groups excluding carboxylic acids is 1. The molecule has 0 aliphatic rings. The summed E-state index contributed by atoms with van der Waals surface area (Å²) in [5.41, 5.74) is 12.0. The first-order valence-electron chi connectivity index (χ1n) is 8.30. The number of nitrogens with two attached hydrogens (primary N) is 1. The third-order valence-electron chi connectivity index (χ3n) is 4.22. The van der Waals surface area contributed by atoms with Gasteiger partial charge >= 0.3 is 5.97 Å². The maximum Gasteiger partial charge on any atom is 0.340 e. The Balaban J connectivity index is 2.14. The fraction of sp³-hybridized carbons (Fsp3) is 0.143. The Hall–Kier alpha value is -3.52. The SMILES string of the molecule is CCOC(=O)c1c[nH]c(C)c1-c1cc(-c2cccc(C#N)c2)ccc1N. The summed E-state index contributed by atoms with van der Waals surface area (Å²) in [6.07, 6.45) is 1.64. The third kappa shape index (κ3) is 3.17. The number of nitrogen functional groups attached to an aromatic ring is 1.